The van der Waals surface area contributed by atoms with Gasteiger partial charge in [0.1, 0.15) is 5.69 Å². The highest BCUT2D eigenvalue weighted by Gasteiger charge is 2.28. The molecule has 33 heavy (non-hydrogen) atoms. The van der Waals surface area contributed by atoms with Crippen LogP contribution in [-0.4, -0.2) is 21.7 Å². The van der Waals surface area contributed by atoms with E-state index in [-0.39, 0.29) is 28.2 Å². The van der Waals surface area contributed by atoms with E-state index in [1.54, 1.807) is 43.3 Å². The Kier molecular flexibility index (Phi) is 6.77. The number of aryl methyl sites for hydroxylation is 2. The zero-order valence-electron chi connectivity index (χ0n) is 17.7. The van der Waals surface area contributed by atoms with Crippen LogP contribution in [0.3, 0.4) is 0 Å². The fourth-order valence-corrected chi connectivity index (χ4v) is 3.16. The lowest BCUT2D eigenvalue weighted by Gasteiger charge is -2.18. The molecule has 0 aromatic heterocycles. The number of benzene rings is 3. The van der Waals surface area contributed by atoms with Crippen molar-refractivity contribution < 1.29 is 24.2 Å². The summed E-state index contributed by atoms with van der Waals surface area (Å²) in [5.41, 5.74) is 0.761. The fourth-order valence-electron chi connectivity index (χ4n) is 3.16. The van der Waals surface area contributed by atoms with E-state index in [1.807, 2.05) is 0 Å². The van der Waals surface area contributed by atoms with Crippen molar-refractivity contribution in [3.8, 4) is 0 Å². The first-order chi connectivity index (χ1) is 15.7. The molecule has 0 saturated heterocycles. The molecule has 3 rings (SSSR count). The van der Waals surface area contributed by atoms with Crippen molar-refractivity contribution in [1.82, 2.24) is 0 Å². The lowest BCUT2D eigenvalue weighted by atomic mass is 10.1. The van der Waals surface area contributed by atoms with Crippen molar-refractivity contribution in [2.75, 3.05) is 5.32 Å². The van der Waals surface area contributed by atoms with Crippen LogP contribution in [0.5, 0.6) is 0 Å². The first-order valence-electron chi connectivity index (χ1n) is 9.74. The Balaban J connectivity index is 1.91. The molecule has 0 fully saturated rings. The summed E-state index contributed by atoms with van der Waals surface area (Å²) in [5.74, 6) is -1.67. The van der Waals surface area contributed by atoms with Crippen molar-refractivity contribution in [2.45, 2.75) is 20.0 Å². The van der Waals surface area contributed by atoms with Gasteiger partial charge >= 0.3 is 5.97 Å². The SMILES string of the molecule is Cc1ccc(NC(=O)C(OC(=O)c2ccc([N+](=O)[O-])c(C)c2)c2ccccc2)c([N+](=O)[O-])c1. The van der Waals surface area contributed by atoms with Gasteiger partial charge in [0, 0.05) is 23.3 Å². The maximum atomic E-state index is 13.0. The highest BCUT2D eigenvalue weighted by atomic mass is 16.6. The number of anilines is 1. The third-order valence-corrected chi connectivity index (χ3v) is 4.80. The predicted molar refractivity (Wildman–Crippen MR) is 119 cm³/mol. The molecule has 0 aliphatic rings. The molecule has 10 heteroatoms. The maximum Gasteiger partial charge on any atom is 0.339 e. The van der Waals surface area contributed by atoms with E-state index < -0.39 is 27.8 Å². The number of hydrogen-bond acceptors (Lipinski definition) is 7. The molecule has 168 valence electrons. The second-order valence-corrected chi connectivity index (χ2v) is 7.22. The van der Waals surface area contributed by atoms with Gasteiger partial charge in [-0.3, -0.25) is 25.0 Å². The molecule has 3 aromatic carbocycles. The number of nitro benzene ring substituents is 2. The summed E-state index contributed by atoms with van der Waals surface area (Å²) < 4.78 is 5.45. The average Bonchev–Trinajstić information content (AvgIpc) is 2.78. The van der Waals surface area contributed by atoms with E-state index in [2.05, 4.69) is 5.32 Å². The minimum atomic E-state index is -1.42. The first kappa shape index (κ1) is 23.1. The Hall–Kier alpha value is -4.60. The van der Waals surface area contributed by atoms with Crippen LogP contribution in [-0.2, 0) is 9.53 Å². The third kappa shape index (κ3) is 5.37. The van der Waals surface area contributed by atoms with Crippen LogP contribution in [0.15, 0.2) is 66.7 Å². The summed E-state index contributed by atoms with van der Waals surface area (Å²) in [6, 6.07) is 16.2. The van der Waals surface area contributed by atoms with Crippen LogP contribution in [0, 0.1) is 34.1 Å². The van der Waals surface area contributed by atoms with E-state index in [1.165, 1.54) is 37.3 Å². The number of amides is 1. The van der Waals surface area contributed by atoms with Crippen molar-refractivity contribution >= 4 is 28.9 Å². The zero-order chi connectivity index (χ0) is 24.1. The molecule has 0 bridgehead atoms. The second kappa shape index (κ2) is 9.69. The first-order valence-corrected chi connectivity index (χ1v) is 9.74. The van der Waals surface area contributed by atoms with Crippen molar-refractivity contribution in [1.29, 1.82) is 0 Å². The number of esters is 1. The van der Waals surface area contributed by atoms with Crippen LogP contribution in [0.25, 0.3) is 0 Å². The van der Waals surface area contributed by atoms with Gasteiger partial charge in [0.05, 0.1) is 15.4 Å². The molecule has 1 amide bonds. The van der Waals surface area contributed by atoms with Crippen molar-refractivity contribution in [3.63, 3.8) is 0 Å². The highest BCUT2D eigenvalue weighted by molar-refractivity contribution is 5.99. The Morgan fingerprint density at radius 3 is 2.15 bits per heavy atom. The molecule has 0 aliphatic heterocycles. The Labute approximate surface area is 188 Å². The molecule has 0 aliphatic carbocycles. The number of nitro groups is 2. The number of nitrogens with zero attached hydrogens (tertiary/aromatic N) is 2. The standard InChI is InChI=1S/C23H19N3O7/c1-14-8-10-18(20(12-14)26(31)32)24-22(27)21(16-6-4-3-5-7-16)33-23(28)17-9-11-19(25(29)30)15(2)13-17/h3-13,21H,1-2H3,(H,24,27). The molecule has 3 aromatic rings. The van der Waals surface area contributed by atoms with Crippen LogP contribution < -0.4 is 5.32 Å². The molecular weight excluding hydrogens is 430 g/mol. The van der Waals surface area contributed by atoms with E-state index in [4.69, 9.17) is 4.74 Å². The molecule has 0 heterocycles. The molecule has 10 nitrogen and oxygen atoms in total. The number of hydrogen-bond donors (Lipinski definition) is 1. The summed E-state index contributed by atoms with van der Waals surface area (Å²) in [4.78, 5) is 47.0. The number of carbonyl (C=O) groups excluding carboxylic acids is 2. The van der Waals surface area contributed by atoms with Crippen LogP contribution in [0.2, 0.25) is 0 Å². The maximum absolute atomic E-state index is 13.0. The van der Waals surface area contributed by atoms with Crippen molar-refractivity contribution in [2.24, 2.45) is 0 Å². The van der Waals surface area contributed by atoms with E-state index in [0.29, 0.717) is 11.1 Å². The molecule has 0 saturated carbocycles. The highest BCUT2D eigenvalue weighted by Crippen LogP contribution is 2.28. The summed E-state index contributed by atoms with van der Waals surface area (Å²) in [5, 5.41) is 24.9. The minimum Gasteiger partial charge on any atom is -0.444 e. The monoisotopic (exact) mass is 449 g/mol. The smallest absolute Gasteiger partial charge is 0.339 e. The lowest BCUT2D eigenvalue weighted by Crippen LogP contribution is -2.26. The van der Waals surface area contributed by atoms with Crippen molar-refractivity contribution in [3.05, 3.63) is 109 Å². The van der Waals surface area contributed by atoms with E-state index in [9.17, 15) is 29.8 Å². The summed E-state index contributed by atoms with van der Waals surface area (Å²) in [6.07, 6.45) is -1.42. The van der Waals surface area contributed by atoms with Gasteiger partial charge < -0.3 is 10.1 Å². The average molecular weight is 449 g/mol. The number of carbonyl (C=O) groups is 2. The number of nitrogens with one attached hydrogen (secondary N) is 1. The molecule has 1 atom stereocenters. The van der Waals surface area contributed by atoms with Crippen LogP contribution in [0.1, 0.15) is 33.2 Å². The molecule has 1 N–H and O–H groups in total. The van der Waals surface area contributed by atoms with Gasteiger partial charge in [0.25, 0.3) is 17.3 Å². The van der Waals surface area contributed by atoms with Crippen LogP contribution >= 0.6 is 0 Å². The number of rotatable bonds is 7. The quantitative estimate of drug-likeness (QED) is 0.314. The predicted octanol–water partition coefficient (Wildman–Crippen LogP) is 4.66. The molecule has 0 spiro atoms. The van der Waals surface area contributed by atoms with Gasteiger partial charge in [-0.2, -0.15) is 0 Å². The second-order valence-electron chi connectivity index (χ2n) is 7.22. The largest absolute Gasteiger partial charge is 0.444 e. The van der Waals surface area contributed by atoms with Gasteiger partial charge in [0.2, 0.25) is 6.10 Å². The Morgan fingerprint density at radius 2 is 1.55 bits per heavy atom. The lowest BCUT2D eigenvalue weighted by molar-refractivity contribution is -0.385. The van der Waals surface area contributed by atoms with Crippen LogP contribution in [0.4, 0.5) is 17.1 Å². The topological polar surface area (TPSA) is 142 Å². The fraction of sp³-hybridized carbons (Fsp3) is 0.130. The molecule has 1 unspecified atom stereocenters. The zero-order valence-corrected chi connectivity index (χ0v) is 17.7. The summed E-state index contributed by atoms with van der Waals surface area (Å²) in [7, 11) is 0. The van der Waals surface area contributed by atoms with Gasteiger partial charge in [-0.15, -0.1) is 0 Å². The normalized spacial score (nSPS) is 11.3. The van der Waals surface area contributed by atoms with Gasteiger partial charge in [-0.1, -0.05) is 36.4 Å². The minimum absolute atomic E-state index is 0.0214. The number of ether oxygens (including phenoxy) is 1. The van der Waals surface area contributed by atoms with Gasteiger partial charge in [0.15, 0.2) is 0 Å². The van der Waals surface area contributed by atoms with E-state index in [0.717, 1.165) is 0 Å². The van der Waals surface area contributed by atoms with E-state index >= 15 is 0 Å². The molecular formula is C23H19N3O7. The Bertz CT molecular complexity index is 1240. The summed E-state index contributed by atoms with van der Waals surface area (Å²) in [6.45, 7) is 3.16. The third-order valence-electron chi connectivity index (χ3n) is 4.80. The Morgan fingerprint density at radius 1 is 0.879 bits per heavy atom. The molecule has 0 radical (unpaired) electrons. The summed E-state index contributed by atoms with van der Waals surface area (Å²) >= 11 is 0. The van der Waals surface area contributed by atoms with Gasteiger partial charge in [-0.05, 0) is 37.6 Å². The van der Waals surface area contributed by atoms with Gasteiger partial charge in [-0.25, -0.2) is 4.79 Å².